The van der Waals surface area contributed by atoms with E-state index in [4.69, 9.17) is 15.9 Å². The molecule has 0 bridgehead atoms. The van der Waals surface area contributed by atoms with Crippen LogP contribution in [0.15, 0.2) is 54.6 Å². The van der Waals surface area contributed by atoms with Gasteiger partial charge in [-0.2, -0.15) is 0 Å². The maximum absolute atomic E-state index is 11.8. The number of carbonyl (C=O) groups is 1. The van der Waals surface area contributed by atoms with E-state index in [2.05, 4.69) is 11.2 Å². The van der Waals surface area contributed by atoms with E-state index in [1.54, 1.807) is 7.11 Å². The lowest BCUT2D eigenvalue weighted by Gasteiger charge is -2.13. The third-order valence-corrected chi connectivity index (χ3v) is 3.30. The summed E-state index contributed by atoms with van der Waals surface area (Å²) in [5.41, 5.74) is 1.94. The van der Waals surface area contributed by atoms with Gasteiger partial charge in [-0.05, 0) is 23.3 Å². The Kier molecular flexibility index (Phi) is 6.07. The Morgan fingerprint density at radius 3 is 2.43 bits per heavy atom. The van der Waals surface area contributed by atoms with Crippen LogP contribution in [-0.4, -0.2) is 19.2 Å². The first-order valence-corrected chi connectivity index (χ1v) is 7.27. The van der Waals surface area contributed by atoms with Gasteiger partial charge in [-0.15, -0.1) is 6.42 Å². The maximum Gasteiger partial charge on any atom is 0.408 e. The van der Waals surface area contributed by atoms with E-state index < -0.39 is 12.1 Å². The first-order valence-electron chi connectivity index (χ1n) is 7.27. The lowest BCUT2D eigenvalue weighted by Crippen LogP contribution is -2.35. The van der Waals surface area contributed by atoms with Crippen LogP contribution in [0.2, 0.25) is 0 Å². The Bertz CT molecular complexity index is 659. The summed E-state index contributed by atoms with van der Waals surface area (Å²) in [5.74, 6) is 3.32. The molecule has 1 N–H and O–H groups in total. The molecular weight excluding hydrogens is 290 g/mol. The van der Waals surface area contributed by atoms with Crippen LogP contribution >= 0.6 is 0 Å². The van der Waals surface area contributed by atoms with E-state index >= 15 is 0 Å². The van der Waals surface area contributed by atoms with Crippen LogP contribution in [0.4, 0.5) is 4.79 Å². The number of terminal acetylenes is 1. The summed E-state index contributed by atoms with van der Waals surface area (Å²) >= 11 is 0. The fourth-order valence-electron chi connectivity index (χ4n) is 2.06. The van der Waals surface area contributed by atoms with Crippen molar-refractivity contribution in [3.05, 3.63) is 65.7 Å². The second-order valence-corrected chi connectivity index (χ2v) is 4.98. The number of methoxy groups -OCH3 is 1. The predicted molar refractivity (Wildman–Crippen MR) is 89.1 cm³/mol. The monoisotopic (exact) mass is 309 g/mol. The fraction of sp³-hybridized carbons (Fsp3) is 0.211. The summed E-state index contributed by atoms with van der Waals surface area (Å²) in [7, 11) is 1.60. The van der Waals surface area contributed by atoms with Crippen LogP contribution in [0.3, 0.4) is 0 Å². The lowest BCUT2D eigenvalue weighted by molar-refractivity contribution is 0.138. The third-order valence-electron chi connectivity index (χ3n) is 3.30. The van der Waals surface area contributed by atoms with Crippen LogP contribution in [0.1, 0.15) is 11.1 Å². The largest absolute Gasteiger partial charge is 0.497 e. The van der Waals surface area contributed by atoms with Crippen molar-refractivity contribution < 1.29 is 14.3 Å². The van der Waals surface area contributed by atoms with Crippen molar-refractivity contribution in [1.29, 1.82) is 0 Å². The van der Waals surface area contributed by atoms with Crippen LogP contribution in [0.5, 0.6) is 5.75 Å². The van der Waals surface area contributed by atoms with Gasteiger partial charge in [-0.1, -0.05) is 48.4 Å². The van der Waals surface area contributed by atoms with E-state index in [0.29, 0.717) is 6.42 Å². The molecule has 0 unspecified atom stereocenters. The van der Waals surface area contributed by atoms with E-state index in [1.165, 1.54) is 0 Å². The van der Waals surface area contributed by atoms with E-state index in [0.717, 1.165) is 16.9 Å². The molecule has 1 atom stereocenters. The third kappa shape index (κ3) is 5.40. The summed E-state index contributed by atoms with van der Waals surface area (Å²) in [5, 5.41) is 2.69. The molecular formula is C19H19NO3. The molecule has 0 aliphatic carbocycles. The van der Waals surface area contributed by atoms with Gasteiger partial charge in [0.15, 0.2) is 0 Å². The first-order chi connectivity index (χ1) is 11.2. The number of alkyl carbamates (subject to hydrolysis) is 1. The van der Waals surface area contributed by atoms with Crippen LogP contribution in [0.25, 0.3) is 0 Å². The molecule has 4 nitrogen and oxygen atoms in total. The fourth-order valence-corrected chi connectivity index (χ4v) is 2.06. The van der Waals surface area contributed by atoms with E-state index in [-0.39, 0.29) is 6.61 Å². The number of benzene rings is 2. The first kappa shape index (κ1) is 16.4. The van der Waals surface area contributed by atoms with Crippen molar-refractivity contribution in [1.82, 2.24) is 5.32 Å². The van der Waals surface area contributed by atoms with Crippen molar-refractivity contribution in [3.8, 4) is 18.1 Å². The molecule has 0 radical (unpaired) electrons. The number of hydrogen-bond acceptors (Lipinski definition) is 3. The number of rotatable bonds is 6. The standard InChI is InChI=1S/C19H19NO3/c1-3-17(13-15-7-5-4-6-8-15)20-19(21)23-14-16-9-11-18(22-2)12-10-16/h1,4-12,17H,13-14H2,2H3,(H,20,21)/t17-/m1/s1. The van der Waals surface area contributed by atoms with E-state index in [9.17, 15) is 4.79 Å². The number of amides is 1. The highest BCUT2D eigenvalue weighted by atomic mass is 16.5. The van der Waals surface area contributed by atoms with Gasteiger partial charge in [0.05, 0.1) is 13.2 Å². The minimum Gasteiger partial charge on any atom is -0.497 e. The second-order valence-electron chi connectivity index (χ2n) is 4.98. The molecule has 2 aromatic rings. The van der Waals surface area contributed by atoms with Gasteiger partial charge in [0.25, 0.3) is 0 Å². The van der Waals surface area contributed by atoms with Gasteiger partial charge < -0.3 is 14.8 Å². The maximum atomic E-state index is 11.8. The quantitative estimate of drug-likeness (QED) is 0.834. The summed E-state index contributed by atoms with van der Waals surface area (Å²) in [4.78, 5) is 11.8. The smallest absolute Gasteiger partial charge is 0.408 e. The van der Waals surface area contributed by atoms with Gasteiger partial charge >= 0.3 is 6.09 Å². The van der Waals surface area contributed by atoms with Gasteiger partial charge in [-0.25, -0.2) is 4.79 Å². The Balaban J connectivity index is 1.81. The van der Waals surface area contributed by atoms with Gasteiger partial charge in [0, 0.05) is 6.42 Å². The zero-order chi connectivity index (χ0) is 16.5. The zero-order valence-corrected chi connectivity index (χ0v) is 13.0. The summed E-state index contributed by atoms with van der Waals surface area (Å²) in [6, 6.07) is 16.7. The molecule has 0 heterocycles. The molecule has 0 aliphatic heterocycles. The number of ether oxygens (including phenoxy) is 2. The average molecular weight is 309 g/mol. The molecule has 0 fully saturated rings. The van der Waals surface area contributed by atoms with Crippen molar-refractivity contribution in [2.24, 2.45) is 0 Å². The number of carbonyl (C=O) groups excluding carboxylic acids is 1. The van der Waals surface area contributed by atoms with Crippen LogP contribution in [-0.2, 0) is 17.8 Å². The van der Waals surface area contributed by atoms with Crippen LogP contribution in [0, 0.1) is 12.3 Å². The topological polar surface area (TPSA) is 47.6 Å². The molecule has 0 saturated carbocycles. The summed E-state index contributed by atoms with van der Waals surface area (Å²) in [6.07, 6.45) is 5.51. The summed E-state index contributed by atoms with van der Waals surface area (Å²) in [6.45, 7) is 0.179. The van der Waals surface area contributed by atoms with Gasteiger partial charge in [0.2, 0.25) is 0 Å². The molecule has 0 aromatic heterocycles. The van der Waals surface area contributed by atoms with E-state index in [1.807, 2.05) is 54.6 Å². The molecule has 1 amide bonds. The molecule has 0 aliphatic rings. The Hall–Kier alpha value is -2.93. The SMILES string of the molecule is C#C[C@H](Cc1ccccc1)NC(=O)OCc1ccc(OC)cc1. The highest BCUT2D eigenvalue weighted by molar-refractivity contribution is 5.68. The second kappa shape index (κ2) is 8.50. The Morgan fingerprint density at radius 1 is 1.13 bits per heavy atom. The van der Waals surface area contributed by atoms with Crippen molar-refractivity contribution in [3.63, 3.8) is 0 Å². The highest BCUT2D eigenvalue weighted by Crippen LogP contribution is 2.12. The number of nitrogens with one attached hydrogen (secondary N) is 1. The Morgan fingerprint density at radius 2 is 1.83 bits per heavy atom. The van der Waals surface area contributed by atoms with Crippen LogP contribution < -0.4 is 10.1 Å². The molecule has 118 valence electrons. The van der Waals surface area contributed by atoms with Crippen molar-refractivity contribution >= 4 is 6.09 Å². The highest BCUT2D eigenvalue weighted by Gasteiger charge is 2.11. The zero-order valence-electron chi connectivity index (χ0n) is 13.0. The molecule has 4 heteroatoms. The van der Waals surface area contributed by atoms with Crippen molar-refractivity contribution in [2.75, 3.05) is 7.11 Å². The molecule has 2 aromatic carbocycles. The molecule has 0 spiro atoms. The molecule has 2 rings (SSSR count). The minimum absolute atomic E-state index is 0.179. The Labute approximate surface area is 136 Å². The van der Waals surface area contributed by atoms with Gasteiger partial charge in [-0.3, -0.25) is 0 Å². The normalized spacial score (nSPS) is 11.1. The molecule has 23 heavy (non-hydrogen) atoms. The van der Waals surface area contributed by atoms with Gasteiger partial charge in [0.1, 0.15) is 12.4 Å². The number of hydrogen-bond donors (Lipinski definition) is 1. The lowest BCUT2D eigenvalue weighted by atomic mass is 10.1. The van der Waals surface area contributed by atoms with Crippen molar-refractivity contribution in [2.45, 2.75) is 19.1 Å². The molecule has 0 saturated heterocycles. The predicted octanol–water partition coefficient (Wildman–Crippen LogP) is 3.17. The average Bonchev–Trinajstić information content (AvgIpc) is 2.60. The summed E-state index contributed by atoms with van der Waals surface area (Å²) < 4.78 is 10.3. The minimum atomic E-state index is -0.528.